The van der Waals surface area contributed by atoms with Crippen molar-refractivity contribution in [2.45, 2.75) is 31.8 Å². The van der Waals surface area contributed by atoms with Crippen molar-refractivity contribution in [1.29, 1.82) is 0 Å². The molecule has 0 saturated heterocycles. The zero-order valence-corrected chi connectivity index (χ0v) is 15.4. The van der Waals surface area contributed by atoms with Crippen molar-refractivity contribution in [3.8, 4) is 11.1 Å². The van der Waals surface area contributed by atoms with Crippen LogP contribution < -0.4 is 0 Å². The first-order chi connectivity index (χ1) is 12.8. The van der Waals surface area contributed by atoms with Gasteiger partial charge in [0.2, 0.25) is 0 Å². The van der Waals surface area contributed by atoms with Crippen LogP contribution >= 0.6 is 0 Å². The Morgan fingerprint density at radius 2 is 1.42 bits per heavy atom. The van der Waals surface area contributed by atoms with Crippen LogP contribution in [-0.2, 0) is 17.6 Å². The van der Waals surface area contributed by atoms with Crippen LogP contribution in [0.15, 0.2) is 66.7 Å². The fourth-order valence-corrected chi connectivity index (χ4v) is 5.16. The van der Waals surface area contributed by atoms with Gasteiger partial charge in [-0.25, -0.2) is 0 Å². The molecular formula is C25H24O. The summed E-state index contributed by atoms with van der Waals surface area (Å²) in [5.74, 6) is 1.00. The standard InChI is InChI=1S/C25H24O/c1-16-14-23-17(8-7-13-22(23)25(16)26-2)15-24-20-11-5-3-9-18(20)19-10-4-6-12-21(19)24/h3-13,16,24-25H,14-15H2,1-2H3. The zero-order valence-electron chi connectivity index (χ0n) is 15.4. The number of fused-ring (bicyclic) bond motifs is 4. The lowest BCUT2D eigenvalue weighted by molar-refractivity contribution is 0.0695. The van der Waals surface area contributed by atoms with Gasteiger partial charge in [-0.3, -0.25) is 0 Å². The Balaban J connectivity index is 1.59. The number of benzene rings is 3. The van der Waals surface area contributed by atoms with Gasteiger partial charge in [-0.15, -0.1) is 0 Å². The van der Waals surface area contributed by atoms with Gasteiger partial charge >= 0.3 is 0 Å². The molecule has 0 aliphatic heterocycles. The van der Waals surface area contributed by atoms with Crippen LogP contribution in [0.4, 0.5) is 0 Å². The maximum Gasteiger partial charge on any atom is 0.0852 e. The summed E-state index contributed by atoms with van der Waals surface area (Å²) in [7, 11) is 1.84. The maximum atomic E-state index is 5.79. The van der Waals surface area contributed by atoms with Crippen molar-refractivity contribution in [2.24, 2.45) is 5.92 Å². The molecule has 0 N–H and O–H groups in total. The molecule has 1 heteroatoms. The van der Waals surface area contributed by atoms with Crippen molar-refractivity contribution >= 4 is 0 Å². The number of hydrogen-bond acceptors (Lipinski definition) is 1. The predicted octanol–water partition coefficient (Wildman–Crippen LogP) is 5.92. The van der Waals surface area contributed by atoms with Gasteiger partial charge in [0.15, 0.2) is 0 Å². The first kappa shape index (κ1) is 15.8. The Bertz CT molecular complexity index is 926. The average Bonchev–Trinajstić information content (AvgIpc) is 3.17. The van der Waals surface area contributed by atoms with E-state index in [-0.39, 0.29) is 6.10 Å². The Morgan fingerprint density at radius 1 is 0.808 bits per heavy atom. The summed E-state index contributed by atoms with van der Waals surface area (Å²) in [6, 6.07) is 24.6. The summed E-state index contributed by atoms with van der Waals surface area (Å²) < 4.78 is 5.79. The Labute approximate surface area is 155 Å². The molecule has 0 amide bonds. The second-order valence-electron chi connectivity index (χ2n) is 7.75. The minimum absolute atomic E-state index is 0.244. The van der Waals surface area contributed by atoms with Gasteiger partial charge in [0.1, 0.15) is 0 Å². The largest absolute Gasteiger partial charge is 0.376 e. The van der Waals surface area contributed by atoms with E-state index in [2.05, 4.69) is 73.7 Å². The molecule has 2 aliphatic carbocycles. The molecule has 1 nitrogen and oxygen atoms in total. The molecule has 0 heterocycles. The van der Waals surface area contributed by atoms with Crippen molar-refractivity contribution in [3.63, 3.8) is 0 Å². The molecule has 0 spiro atoms. The number of hydrogen-bond donors (Lipinski definition) is 0. The van der Waals surface area contributed by atoms with E-state index in [9.17, 15) is 0 Å². The van der Waals surface area contributed by atoms with Gasteiger partial charge in [0, 0.05) is 13.0 Å². The van der Waals surface area contributed by atoms with Crippen LogP contribution in [0.1, 0.15) is 46.8 Å². The van der Waals surface area contributed by atoms with E-state index in [1.807, 2.05) is 7.11 Å². The lowest BCUT2D eigenvalue weighted by atomic mass is 9.87. The highest BCUT2D eigenvalue weighted by Crippen LogP contribution is 2.47. The molecular weight excluding hydrogens is 316 g/mol. The van der Waals surface area contributed by atoms with E-state index in [0.717, 1.165) is 12.8 Å². The highest BCUT2D eigenvalue weighted by Gasteiger charge is 2.33. The SMILES string of the molecule is COC1c2cccc(CC3c4ccccc4-c4ccccc43)c2CC1C. The summed E-state index contributed by atoms with van der Waals surface area (Å²) in [5.41, 5.74) is 10.2. The second-order valence-corrected chi connectivity index (χ2v) is 7.75. The lowest BCUT2D eigenvalue weighted by Gasteiger charge is -2.17. The van der Waals surface area contributed by atoms with Crippen LogP contribution in [0, 0.1) is 5.92 Å². The quantitative estimate of drug-likeness (QED) is 0.575. The first-order valence-corrected chi connectivity index (χ1v) is 9.59. The molecule has 0 radical (unpaired) electrons. The average molecular weight is 340 g/mol. The summed E-state index contributed by atoms with van der Waals surface area (Å²) >= 11 is 0. The van der Waals surface area contributed by atoms with Crippen LogP contribution in [0.3, 0.4) is 0 Å². The third kappa shape index (κ3) is 2.27. The zero-order chi connectivity index (χ0) is 17.7. The minimum Gasteiger partial charge on any atom is -0.376 e. The number of ether oxygens (including phenoxy) is 1. The third-order valence-electron chi connectivity index (χ3n) is 6.30. The molecule has 5 rings (SSSR count). The monoisotopic (exact) mass is 340 g/mol. The van der Waals surface area contributed by atoms with Gasteiger partial charge in [-0.2, -0.15) is 0 Å². The van der Waals surface area contributed by atoms with Crippen LogP contribution in [0.25, 0.3) is 11.1 Å². The second kappa shape index (κ2) is 6.10. The van der Waals surface area contributed by atoms with Crippen LogP contribution in [0.5, 0.6) is 0 Å². The molecule has 0 saturated carbocycles. The topological polar surface area (TPSA) is 9.23 Å². The maximum absolute atomic E-state index is 5.79. The predicted molar refractivity (Wildman–Crippen MR) is 106 cm³/mol. The van der Waals surface area contributed by atoms with Gasteiger partial charge in [-0.05, 0) is 57.7 Å². The highest BCUT2D eigenvalue weighted by atomic mass is 16.5. The fourth-order valence-electron chi connectivity index (χ4n) is 5.16. The van der Waals surface area contributed by atoms with Crippen molar-refractivity contribution in [2.75, 3.05) is 7.11 Å². The van der Waals surface area contributed by atoms with Crippen molar-refractivity contribution in [3.05, 3.63) is 94.5 Å². The molecule has 3 aromatic carbocycles. The summed E-state index contributed by atoms with van der Waals surface area (Å²) in [5, 5.41) is 0. The molecule has 0 fully saturated rings. The Morgan fingerprint density at radius 3 is 2.08 bits per heavy atom. The van der Waals surface area contributed by atoms with E-state index in [1.54, 1.807) is 0 Å². The highest BCUT2D eigenvalue weighted by molar-refractivity contribution is 5.79. The van der Waals surface area contributed by atoms with E-state index < -0.39 is 0 Å². The van der Waals surface area contributed by atoms with E-state index in [4.69, 9.17) is 4.74 Å². The lowest BCUT2D eigenvalue weighted by Crippen LogP contribution is -2.05. The van der Waals surface area contributed by atoms with Gasteiger partial charge in [0.25, 0.3) is 0 Å². The summed E-state index contributed by atoms with van der Waals surface area (Å²) in [6.45, 7) is 2.30. The molecule has 0 bridgehead atoms. The minimum atomic E-state index is 0.244. The molecule has 2 aliphatic rings. The van der Waals surface area contributed by atoms with Crippen molar-refractivity contribution in [1.82, 2.24) is 0 Å². The van der Waals surface area contributed by atoms with E-state index in [1.165, 1.54) is 38.9 Å². The molecule has 26 heavy (non-hydrogen) atoms. The number of rotatable bonds is 3. The van der Waals surface area contributed by atoms with Gasteiger partial charge < -0.3 is 4.74 Å². The first-order valence-electron chi connectivity index (χ1n) is 9.59. The van der Waals surface area contributed by atoms with Crippen LogP contribution in [0.2, 0.25) is 0 Å². The summed E-state index contributed by atoms with van der Waals surface area (Å²) in [4.78, 5) is 0. The van der Waals surface area contributed by atoms with Gasteiger partial charge in [-0.1, -0.05) is 73.7 Å². The third-order valence-corrected chi connectivity index (χ3v) is 6.30. The summed E-state index contributed by atoms with van der Waals surface area (Å²) in [6.07, 6.45) is 2.44. The fraction of sp³-hybridized carbons (Fsp3) is 0.280. The molecule has 3 aromatic rings. The smallest absolute Gasteiger partial charge is 0.0852 e. The molecule has 0 aromatic heterocycles. The molecule has 2 atom stereocenters. The van der Waals surface area contributed by atoms with Crippen molar-refractivity contribution < 1.29 is 4.74 Å². The normalized spacial score (nSPS) is 20.7. The number of methoxy groups -OCH3 is 1. The molecule has 2 unspecified atom stereocenters. The molecule has 130 valence electrons. The van der Waals surface area contributed by atoms with E-state index in [0.29, 0.717) is 11.8 Å². The van der Waals surface area contributed by atoms with Crippen LogP contribution in [-0.4, -0.2) is 7.11 Å². The Hall–Kier alpha value is -2.38. The van der Waals surface area contributed by atoms with Gasteiger partial charge in [0.05, 0.1) is 6.10 Å². The Kier molecular flexibility index (Phi) is 3.72. The van der Waals surface area contributed by atoms with E-state index >= 15 is 0 Å².